The Kier molecular flexibility index (Phi) is 10.7. The van der Waals surface area contributed by atoms with Crippen LogP contribution < -0.4 is 0 Å². The van der Waals surface area contributed by atoms with Gasteiger partial charge in [0.05, 0.1) is 0 Å². The van der Waals surface area contributed by atoms with Crippen molar-refractivity contribution in [1.29, 1.82) is 0 Å². The van der Waals surface area contributed by atoms with Crippen molar-refractivity contribution in [3.63, 3.8) is 0 Å². The molecule has 0 atom stereocenters. The summed E-state index contributed by atoms with van der Waals surface area (Å²) in [5.74, 6) is -4.64. The molecule has 25 heavy (non-hydrogen) atoms. The first-order chi connectivity index (χ1) is 11.7. The topological polar surface area (TPSA) is 135 Å². The van der Waals surface area contributed by atoms with Crippen molar-refractivity contribution in [3.05, 3.63) is 11.1 Å². The lowest BCUT2D eigenvalue weighted by molar-refractivity contribution is -0.157. The van der Waals surface area contributed by atoms with Gasteiger partial charge in [0.25, 0.3) is 0 Å². The Labute approximate surface area is 145 Å². The third-order valence-electron chi connectivity index (χ3n) is 3.26. The maximum atomic E-state index is 12.3. The number of esters is 2. The first kappa shape index (κ1) is 22.5. The predicted octanol–water partition coefficient (Wildman–Crippen LogP) is 2.25. The van der Waals surface area contributed by atoms with Crippen molar-refractivity contribution in [2.24, 2.45) is 0 Å². The number of carbonyl (C=O) groups excluding carboxylic acids is 3. The molecule has 140 valence electrons. The zero-order valence-electron chi connectivity index (χ0n) is 14.5. The van der Waals surface area contributed by atoms with E-state index in [1.165, 1.54) is 0 Å². The number of rotatable bonds is 12. The average Bonchev–Trinajstić information content (AvgIpc) is 2.49. The predicted molar refractivity (Wildman–Crippen MR) is 86.7 cm³/mol. The van der Waals surface area contributed by atoms with E-state index in [2.05, 4.69) is 4.74 Å². The molecule has 0 amide bonds. The molecule has 0 saturated carbocycles. The first-order valence-electron chi connectivity index (χ1n) is 8.16. The van der Waals surface area contributed by atoms with Gasteiger partial charge in [0.1, 0.15) is 0 Å². The monoisotopic (exact) mass is 356 g/mol. The molecule has 8 heteroatoms. The molecule has 0 unspecified atom stereocenters. The maximum absolute atomic E-state index is 12.3. The zero-order chi connectivity index (χ0) is 19.4. The van der Waals surface area contributed by atoms with Gasteiger partial charge >= 0.3 is 23.9 Å². The van der Waals surface area contributed by atoms with E-state index in [9.17, 15) is 24.0 Å². The van der Waals surface area contributed by atoms with E-state index in [0.29, 0.717) is 12.8 Å². The molecule has 0 saturated heterocycles. The Hall–Kier alpha value is -2.51. The molecule has 0 bridgehead atoms. The fourth-order valence-corrected chi connectivity index (χ4v) is 2.10. The van der Waals surface area contributed by atoms with E-state index in [0.717, 1.165) is 0 Å². The van der Waals surface area contributed by atoms with Crippen molar-refractivity contribution in [2.45, 2.75) is 65.2 Å². The van der Waals surface area contributed by atoms with Crippen LogP contribution in [0.15, 0.2) is 11.1 Å². The Morgan fingerprint density at radius 3 is 1.60 bits per heavy atom. The van der Waals surface area contributed by atoms with E-state index in [-0.39, 0.29) is 36.8 Å². The number of hydrogen-bond donors (Lipinski definition) is 2. The fraction of sp³-hybridized carbons (Fsp3) is 0.588. The average molecular weight is 356 g/mol. The lowest BCUT2D eigenvalue weighted by Gasteiger charge is -2.13. The van der Waals surface area contributed by atoms with Gasteiger partial charge in [-0.1, -0.05) is 13.8 Å². The highest BCUT2D eigenvalue weighted by Crippen LogP contribution is 2.21. The van der Waals surface area contributed by atoms with Crippen LogP contribution in [-0.2, 0) is 28.7 Å². The van der Waals surface area contributed by atoms with Gasteiger partial charge in [-0.25, -0.2) is 4.79 Å². The molecule has 0 rings (SSSR count). The van der Waals surface area contributed by atoms with Crippen molar-refractivity contribution >= 4 is 29.7 Å². The molecule has 0 radical (unpaired) electrons. The molecule has 0 aliphatic carbocycles. The number of ether oxygens (including phenoxy) is 1. The number of allylic oxidation sites excluding steroid dienone is 1. The van der Waals surface area contributed by atoms with Crippen molar-refractivity contribution in [2.75, 3.05) is 0 Å². The maximum Gasteiger partial charge on any atom is 0.342 e. The Morgan fingerprint density at radius 1 is 0.680 bits per heavy atom. The summed E-state index contributed by atoms with van der Waals surface area (Å²) in [6.45, 7) is 3.46. The normalized spacial score (nSPS) is 11.4. The minimum absolute atomic E-state index is 0.00527. The number of hydrogen-bond acceptors (Lipinski definition) is 6. The highest BCUT2D eigenvalue weighted by molar-refractivity contribution is 6.06. The highest BCUT2D eigenvalue weighted by atomic mass is 16.6. The van der Waals surface area contributed by atoms with Crippen LogP contribution in [0.2, 0.25) is 0 Å². The van der Waals surface area contributed by atoms with E-state index >= 15 is 0 Å². The van der Waals surface area contributed by atoms with Gasteiger partial charge in [-0.05, 0) is 25.7 Å². The van der Waals surface area contributed by atoms with Crippen LogP contribution in [0.5, 0.6) is 0 Å². The van der Waals surface area contributed by atoms with Gasteiger partial charge in [0, 0.05) is 36.8 Å². The highest BCUT2D eigenvalue weighted by Gasteiger charge is 2.24. The standard InChI is InChI=1S/C17H24O8/c1-3-5-13(18)11(7-9-14(19)20)12(8-10-15(21)22)17(24)25-16(23)6-4-2/h3-10H2,1-2H3,(H,19,20)(H,21,22). The first-order valence-corrected chi connectivity index (χ1v) is 8.16. The lowest BCUT2D eigenvalue weighted by atomic mass is 9.94. The van der Waals surface area contributed by atoms with Gasteiger partial charge in [0.15, 0.2) is 5.78 Å². The molecule has 0 aromatic carbocycles. The van der Waals surface area contributed by atoms with Crippen LogP contribution >= 0.6 is 0 Å². The summed E-state index contributed by atoms with van der Waals surface area (Å²) in [6.07, 6.45) is -0.336. The smallest absolute Gasteiger partial charge is 0.342 e. The number of ketones is 1. The van der Waals surface area contributed by atoms with Gasteiger partial charge in [-0.15, -0.1) is 0 Å². The third kappa shape index (κ3) is 9.39. The van der Waals surface area contributed by atoms with Crippen LogP contribution in [-0.4, -0.2) is 39.9 Å². The quantitative estimate of drug-likeness (QED) is 0.309. The van der Waals surface area contributed by atoms with Crippen LogP contribution in [0.4, 0.5) is 0 Å². The molecule has 0 aliphatic rings. The summed E-state index contributed by atoms with van der Waals surface area (Å²) >= 11 is 0. The van der Waals surface area contributed by atoms with Gasteiger partial charge in [-0.3, -0.25) is 19.2 Å². The van der Waals surface area contributed by atoms with Gasteiger partial charge in [-0.2, -0.15) is 0 Å². The van der Waals surface area contributed by atoms with E-state index in [4.69, 9.17) is 10.2 Å². The number of carboxylic acid groups (broad SMARTS) is 2. The SMILES string of the molecule is CCCC(=O)OC(=O)C(CCC(=O)O)=C(CCC(=O)O)C(=O)CCC. The Bertz CT molecular complexity index is 559. The number of aliphatic carboxylic acids is 2. The second-order valence-electron chi connectivity index (χ2n) is 5.43. The fourth-order valence-electron chi connectivity index (χ4n) is 2.10. The number of carbonyl (C=O) groups is 5. The second kappa shape index (κ2) is 11.9. The molecular weight excluding hydrogens is 332 g/mol. The third-order valence-corrected chi connectivity index (χ3v) is 3.26. The molecule has 0 fully saturated rings. The molecule has 0 aromatic rings. The molecule has 0 spiro atoms. The summed E-state index contributed by atoms with van der Waals surface area (Å²) in [5.41, 5.74) is -0.300. The minimum Gasteiger partial charge on any atom is -0.481 e. The summed E-state index contributed by atoms with van der Waals surface area (Å²) in [6, 6.07) is 0. The lowest BCUT2D eigenvalue weighted by Crippen LogP contribution is -2.19. The van der Waals surface area contributed by atoms with E-state index < -0.39 is 42.5 Å². The zero-order valence-corrected chi connectivity index (χ0v) is 14.5. The van der Waals surface area contributed by atoms with Crippen molar-refractivity contribution in [3.8, 4) is 0 Å². The largest absolute Gasteiger partial charge is 0.481 e. The summed E-state index contributed by atoms with van der Waals surface area (Å²) < 4.78 is 4.67. The molecule has 8 nitrogen and oxygen atoms in total. The molecule has 2 N–H and O–H groups in total. The van der Waals surface area contributed by atoms with Crippen LogP contribution in [0.1, 0.15) is 65.2 Å². The Balaban J connectivity index is 5.71. The van der Waals surface area contributed by atoms with Crippen LogP contribution in [0.25, 0.3) is 0 Å². The summed E-state index contributed by atoms with van der Waals surface area (Å²) in [5, 5.41) is 17.7. The Morgan fingerprint density at radius 2 is 1.16 bits per heavy atom. The number of carboxylic acids is 2. The van der Waals surface area contributed by atoms with Crippen LogP contribution in [0.3, 0.4) is 0 Å². The molecule has 0 aliphatic heterocycles. The van der Waals surface area contributed by atoms with E-state index in [1.807, 2.05) is 0 Å². The molecule has 0 heterocycles. The summed E-state index contributed by atoms with van der Waals surface area (Å²) in [4.78, 5) is 57.7. The second-order valence-corrected chi connectivity index (χ2v) is 5.43. The van der Waals surface area contributed by atoms with E-state index in [1.54, 1.807) is 13.8 Å². The van der Waals surface area contributed by atoms with Gasteiger partial charge in [0.2, 0.25) is 0 Å². The summed E-state index contributed by atoms with van der Waals surface area (Å²) in [7, 11) is 0. The van der Waals surface area contributed by atoms with Crippen LogP contribution in [0, 0.1) is 0 Å². The number of Topliss-reactive ketones (excluding diaryl/α,β-unsaturated/α-hetero) is 1. The van der Waals surface area contributed by atoms with Crippen molar-refractivity contribution < 1.29 is 38.9 Å². The molecule has 0 aromatic heterocycles. The minimum atomic E-state index is -1.19. The van der Waals surface area contributed by atoms with Gasteiger partial charge < -0.3 is 14.9 Å². The molecular formula is C17H24O8. The van der Waals surface area contributed by atoms with Crippen molar-refractivity contribution in [1.82, 2.24) is 0 Å².